The van der Waals surface area contributed by atoms with E-state index >= 15 is 0 Å². The van der Waals surface area contributed by atoms with Crippen LogP contribution < -0.4 is 0 Å². The summed E-state index contributed by atoms with van der Waals surface area (Å²) in [6.45, 7) is 0.803. The number of ether oxygens (including phenoxy) is 1. The van der Waals surface area contributed by atoms with Crippen molar-refractivity contribution in [2.24, 2.45) is 0 Å². The fourth-order valence-corrected chi connectivity index (χ4v) is 3.34. The molecule has 0 bridgehead atoms. The first-order chi connectivity index (χ1) is 12.2. The van der Waals surface area contributed by atoms with Crippen LogP contribution in [-0.2, 0) is 17.9 Å². The third-order valence-electron chi connectivity index (χ3n) is 4.74. The van der Waals surface area contributed by atoms with Crippen molar-refractivity contribution in [3.63, 3.8) is 0 Å². The molecule has 0 atom stereocenters. The minimum atomic E-state index is -0.260. The van der Waals surface area contributed by atoms with Gasteiger partial charge in [0.05, 0.1) is 0 Å². The van der Waals surface area contributed by atoms with Crippen molar-refractivity contribution >= 4 is 6.09 Å². The summed E-state index contributed by atoms with van der Waals surface area (Å²) in [6.07, 6.45) is 5.34. The SMILES string of the molecule is O=C(OCc1ccccc1)N(Cc1ccc(O)cc1)C1CCCCC1. The van der Waals surface area contributed by atoms with Gasteiger partial charge < -0.3 is 14.7 Å². The monoisotopic (exact) mass is 339 g/mol. The van der Waals surface area contributed by atoms with E-state index in [1.807, 2.05) is 47.4 Å². The molecule has 1 N–H and O–H groups in total. The fourth-order valence-electron chi connectivity index (χ4n) is 3.34. The number of hydrogen-bond acceptors (Lipinski definition) is 3. The lowest BCUT2D eigenvalue weighted by molar-refractivity contribution is 0.0683. The van der Waals surface area contributed by atoms with Gasteiger partial charge in [-0.25, -0.2) is 4.79 Å². The van der Waals surface area contributed by atoms with E-state index in [0.717, 1.165) is 36.8 Å². The van der Waals surface area contributed by atoms with Crippen LogP contribution in [0.4, 0.5) is 4.79 Å². The zero-order valence-electron chi connectivity index (χ0n) is 14.4. The summed E-state index contributed by atoms with van der Waals surface area (Å²) < 4.78 is 5.58. The number of amides is 1. The van der Waals surface area contributed by atoms with Gasteiger partial charge in [0.1, 0.15) is 12.4 Å². The number of benzene rings is 2. The number of carbonyl (C=O) groups is 1. The van der Waals surface area contributed by atoms with Crippen LogP contribution >= 0.6 is 0 Å². The first kappa shape index (κ1) is 17.3. The number of hydrogen-bond donors (Lipinski definition) is 1. The molecular weight excluding hydrogens is 314 g/mol. The molecule has 0 spiro atoms. The molecule has 2 aromatic carbocycles. The highest BCUT2D eigenvalue weighted by Crippen LogP contribution is 2.25. The maximum Gasteiger partial charge on any atom is 0.410 e. The summed E-state index contributed by atoms with van der Waals surface area (Å²) in [5.74, 6) is 0.236. The second-order valence-electron chi connectivity index (χ2n) is 6.63. The molecule has 0 unspecified atom stereocenters. The zero-order valence-corrected chi connectivity index (χ0v) is 14.4. The number of phenolic OH excluding ortho intramolecular Hbond substituents is 1. The second kappa shape index (κ2) is 8.56. The molecule has 1 saturated carbocycles. The molecule has 1 aliphatic rings. The Hall–Kier alpha value is -2.49. The Morgan fingerprint density at radius 1 is 0.960 bits per heavy atom. The van der Waals surface area contributed by atoms with Crippen LogP contribution in [0.5, 0.6) is 5.75 Å². The molecule has 0 radical (unpaired) electrons. The predicted molar refractivity (Wildman–Crippen MR) is 97.1 cm³/mol. The average Bonchev–Trinajstić information content (AvgIpc) is 2.67. The molecule has 25 heavy (non-hydrogen) atoms. The van der Waals surface area contributed by atoms with Crippen LogP contribution in [0.15, 0.2) is 54.6 Å². The summed E-state index contributed by atoms with van der Waals surface area (Å²) >= 11 is 0. The zero-order chi connectivity index (χ0) is 17.5. The number of phenols is 1. The van der Waals surface area contributed by atoms with E-state index in [1.54, 1.807) is 12.1 Å². The summed E-state index contributed by atoms with van der Waals surface area (Å²) in [7, 11) is 0. The van der Waals surface area contributed by atoms with Gasteiger partial charge in [0.25, 0.3) is 0 Å². The normalized spacial score (nSPS) is 14.9. The highest BCUT2D eigenvalue weighted by molar-refractivity contribution is 5.68. The van der Waals surface area contributed by atoms with Gasteiger partial charge in [-0.1, -0.05) is 61.7 Å². The molecule has 2 aromatic rings. The van der Waals surface area contributed by atoms with Crippen molar-refractivity contribution in [2.45, 2.75) is 51.3 Å². The van der Waals surface area contributed by atoms with Crippen LogP contribution in [0.3, 0.4) is 0 Å². The first-order valence-electron chi connectivity index (χ1n) is 8.97. The number of nitrogens with zero attached hydrogens (tertiary/aromatic N) is 1. The number of aromatic hydroxyl groups is 1. The van der Waals surface area contributed by atoms with Crippen LogP contribution in [0.2, 0.25) is 0 Å². The summed E-state index contributed by atoms with van der Waals surface area (Å²) in [5, 5.41) is 9.45. The van der Waals surface area contributed by atoms with Gasteiger partial charge >= 0.3 is 6.09 Å². The lowest BCUT2D eigenvalue weighted by atomic mass is 9.94. The smallest absolute Gasteiger partial charge is 0.410 e. The Morgan fingerprint density at radius 2 is 1.64 bits per heavy atom. The van der Waals surface area contributed by atoms with Gasteiger partial charge in [0.15, 0.2) is 0 Å². The van der Waals surface area contributed by atoms with Crippen LogP contribution in [0.1, 0.15) is 43.2 Å². The Bertz CT molecular complexity index is 663. The summed E-state index contributed by atoms with van der Waals surface area (Å²) in [5.41, 5.74) is 1.99. The molecule has 1 amide bonds. The van der Waals surface area contributed by atoms with Crippen molar-refractivity contribution in [3.05, 3.63) is 65.7 Å². The van der Waals surface area contributed by atoms with Crippen molar-refractivity contribution in [1.82, 2.24) is 4.90 Å². The van der Waals surface area contributed by atoms with E-state index in [1.165, 1.54) is 6.42 Å². The molecule has 1 aliphatic carbocycles. The van der Waals surface area contributed by atoms with Crippen molar-refractivity contribution in [3.8, 4) is 5.75 Å². The van der Waals surface area contributed by atoms with E-state index in [-0.39, 0.29) is 17.9 Å². The molecule has 132 valence electrons. The van der Waals surface area contributed by atoms with Gasteiger partial charge in [-0.05, 0) is 36.1 Å². The molecule has 0 aliphatic heterocycles. The van der Waals surface area contributed by atoms with Gasteiger partial charge in [-0.3, -0.25) is 0 Å². The third kappa shape index (κ3) is 4.99. The Labute approximate surface area is 149 Å². The minimum absolute atomic E-state index is 0.228. The third-order valence-corrected chi connectivity index (χ3v) is 4.74. The molecule has 0 aromatic heterocycles. The van der Waals surface area contributed by atoms with Gasteiger partial charge in [0, 0.05) is 12.6 Å². The first-order valence-corrected chi connectivity index (χ1v) is 8.97. The van der Waals surface area contributed by atoms with Crippen molar-refractivity contribution in [1.29, 1.82) is 0 Å². The van der Waals surface area contributed by atoms with Crippen LogP contribution in [-0.4, -0.2) is 22.1 Å². The van der Waals surface area contributed by atoms with Crippen LogP contribution in [0.25, 0.3) is 0 Å². The maximum atomic E-state index is 12.7. The van der Waals surface area contributed by atoms with Gasteiger partial charge in [0.2, 0.25) is 0 Å². The standard InChI is InChI=1S/C21H25NO3/c23-20-13-11-17(12-14-20)15-22(19-9-5-2-6-10-19)21(24)25-16-18-7-3-1-4-8-18/h1,3-4,7-8,11-14,19,23H,2,5-6,9-10,15-16H2. The number of rotatable bonds is 5. The minimum Gasteiger partial charge on any atom is -0.508 e. The maximum absolute atomic E-state index is 12.7. The predicted octanol–water partition coefficient (Wildman–Crippen LogP) is 4.86. The average molecular weight is 339 g/mol. The molecule has 0 heterocycles. The Morgan fingerprint density at radius 3 is 2.32 bits per heavy atom. The highest BCUT2D eigenvalue weighted by atomic mass is 16.6. The van der Waals surface area contributed by atoms with Crippen molar-refractivity contribution in [2.75, 3.05) is 0 Å². The quantitative estimate of drug-likeness (QED) is 0.846. The molecular formula is C21H25NO3. The van der Waals surface area contributed by atoms with Gasteiger partial charge in [-0.15, -0.1) is 0 Å². The van der Waals surface area contributed by atoms with E-state index in [2.05, 4.69) is 0 Å². The van der Waals surface area contributed by atoms with E-state index in [0.29, 0.717) is 13.2 Å². The molecule has 3 rings (SSSR count). The van der Waals surface area contributed by atoms with E-state index in [4.69, 9.17) is 4.74 Å². The Kier molecular flexibility index (Phi) is 5.94. The van der Waals surface area contributed by atoms with E-state index < -0.39 is 0 Å². The van der Waals surface area contributed by atoms with Crippen LogP contribution in [0, 0.1) is 0 Å². The Balaban J connectivity index is 1.68. The lowest BCUT2D eigenvalue weighted by Crippen LogP contribution is -2.41. The molecule has 1 fully saturated rings. The van der Waals surface area contributed by atoms with E-state index in [9.17, 15) is 9.90 Å². The highest BCUT2D eigenvalue weighted by Gasteiger charge is 2.26. The molecule has 0 saturated heterocycles. The summed E-state index contributed by atoms with van der Waals surface area (Å²) in [6, 6.07) is 17.0. The fraction of sp³-hybridized carbons (Fsp3) is 0.381. The largest absolute Gasteiger partial charge is 0.508 e. The lowest BCUT2D eigenvalue weighted by Gasteiger charge is -2.33. The van der Waals surface area contributed by atoms with Gasteiger partial charge in [-0.2, -0.15) is 0 Å². The number of carbonyl (C=O) groups excluding carboxylic acids is 1. The topological polar surface area (TPSA) is 49.8 Å². The molecule has 4 nitrogen and oxygen atoms in total. The molecule has 4 heteroatoms. The van der Waals surface area contributed by atoms with Crippen molar-refractivity contribution < 1.29 is 14.6 Å². The summed E-state index contributed by atoms with van der Waals surface area (Å²) in [4.78, 5) is 14.6. The second-order valence-corrected chi connectivity index (χ2v) is 6.63.